The molecule has 8 rings (SSSR count). The van der Waals surface area contributed by atoms with Gasteiger partial charge >= 0.3 is 0 Å². The zero-order valence-corrected chi connectivity index (χ0v) is 33.5. The lowest BCUT2D eigenvalue weighted by Gasteiger charge is -2.49. The van der Waals surface area contributed by atoms with Crippen LogP contribution in [0.25, 0.3) is 11.2 Å². The number of anilines is 3. The van der Waals surface area contributed by atoms with Gasteiger partial charge in [0.2, 0.25) is 21.9 Å². The second kappa shape index (κ2) is 13.3. The van der Waals surface area contributed by atoms with Gasteiger partial charge in [-0.1, -0.05) is 50.2 Å². The molecule has 57 heavy (non-hydrogen) atoms. The Hall–Kier alpha value is -6.48. The number of sulfonamides is 1. The average molecular weight is 786 g/mol. The van der Waals surface area contributed by atoms with Gasteiger partial charge in [-0.05, 0) is 75.8 Å². The molecule has 3 heterocycles. The van der Waals surface area contributed by atoms with Crippen molar-refractivity contribution in [3.8, 4) is 5.88 Å². The number of nitrogens with zero attached hydrogens (tertiary/aromatic N) is 6. The number of amides is 2. The van der Waals surface area contributed by atoms with Crippen LogP contribution in [0.3, 0.4) is 0 Å². The predicted octanol–water partition coefficient (Wildman–Crippen LogP) is 4.92. The Morgan fingerprint density at radius 2 is 1.46 bits per heavy atom. The van der Waals surface area contributed by atoms with Crippen molar-refractivity contribution >= 4 is 50.3 Å². The number of aromatic amines is 1. The molecular weight excluding hydrogens is 743 g/mol. The number of H-pyrrole nitrogens is 1. The highest BCUT2D eigenvalue weighted by Gasteiger charge is 2.61. The molecule has 4 aromatic carbocycles. The van der Waals surface area contributed by atoms with Crippen LogP contribution in [0.15, 0.2) is 85.2 Å². The maximum absolute atomic E-state index is 14.5. The second-order valence-corrected chi connectivity index (χ2v) is 17.3. The molecule has 2 aliphatic rings. The lowest BCUT2D eigenvalue weighted by Crippen LogP contribution is -2.53. The summed E-state index contributed by atoms with van der Waals surface area (Å²) in [7, 11) is 3.63. The summed E-state index contributed by atoms with van der Waals surface area (Å²) in [6.07, 6.45) is 2.56. The molecule has 0 atom stereocenters. The quantitative estimate of drug-likeness (QED) is 0.181. The minimum absolute atomic E-state index is 0.0584. The lowest BCUT2D eigenvalue weighted by molar-refractivity contribution is 0.0827. The Bertz CT molecular complexity index is 2660. The molecule has 0 bridgehead atoms. The summed E-state index contributed by atoms with van der Waals surface area (Å²) in [5.74, 6) is -0.670. The monoisotopic (exact) mass is 785 g/mol. The van der Waals surface area contributed by atoms with Crippen molar-refractivity contribution in [2.75, 3.05) is 50.0 Å². The maximum atomic E-state index is 14.5. The largest absolute Gasteiger partial charge is 0.471 e. The first kappa shape index (κ1) is 37.4. The zero-order chi connectivity index (χ0) is 40.6. The number of hydrogen-bond acceptors (Lipinski definition) is 11. The van der Waals surface area contributed by atoms with Crippen LogP contribution in [-0.2, 0) is 34.1 Å². The zero-order valence-electron chi connectivity index (χ0n) is 32.7. The van der Waals surface area contributed by atoms with Crippen molar-refractivity contribution in [2.45, 2.75) is 38.0 Å². The van der Waals surface area contributed by atoms with E-state index in [0.717, 1.165) is 44.2 Å². The molecule has 6 aromatic rings. The summed E-state index contributed by atoms with van der Waals surface area (Å²) < 4.78 is 34.9. The summed E-state index contributed by atoms with van der Waals surface area (Å²) in [5, 5.41) is 3.00. The molecular formula is C42H43N9O5S. The van der Waals surface area contributed by atoms with Gasteiger partial charge in [-0.25, -0.2) is 17.7 Å². The number of benzene rings is 4. The van der Waals surface area contributed by atoms with Gasteiger partial charge in [0.25, 0.3) is 11.8 Å². The molecule has 0 radical (unpaired) electrons. The van der Waals surface area contributed by atoms with Gasteiger partial charge in [0.1, 0.15) is 17.7 Å². The molecule has 1 spiro atoms. The van der Waals surface area contributed by atoms with Gasteiger partial charge in [-0.15, -0.1) is 0 Å². The third kappa shape index (κ3) is 6.00. The minimum atomic E-state index is -4.18. The smallest absolute Gasteiger partial charge is 0.269 e. The molecule has 0 fully saturated rings. The highest BCUT2D eigenvalue weighted by molar-refractivity contribution is 7.89. The highest BCUT2D eigenvalue weighted by atomic mass is 32.2. The average Bonchev–Trinajstić information content (AvgIpc) is 3.75. The molecule has 14 nitrogen and oxygen atoms in total. The fourth-order valence-electron chi connectivity index (χ4n) is 8.14. The summed E-state index contributed by atoms with van der Waals surface area (Å²) in [4.78, 5) is 47.7. The van der Waals surface area contributed by atoms with Gasteiger partial charge in [0, 0.05) is 68.2 Å². The summed E-state index contributed by atoms with van der Waals surface area (Å²) in [6.45, 7) is 4.67. The van der Waals surface area contributed by atoms with Crippen molar-refractivity contribution < 1.29 is 22.7 Å². The van der Waals surface area contributed by atoms with Crippen LogP contribution in [0.5, 0.6) is 5.88 Å². The molecule has 2 amide bonds. The SMILES string of the molecule is CN(C)c1ccc2c(c1)C(C)(C)c1cc(N(C)C)ccc1C21c2cc(C(=O)NCc3ccc(COc4nc(N)nc5nc[nH]c45)cc3)ccc2C(=O)N1S(C)(=O)=O. The van der Waals surface area contributed by atoms with Gasteiger partial charge < -0.3 is 30.6 Å². The number of hydrogen-bond donors (Lipinski definition) is 3. The van der Waals surface area contributed by atoms with E-state index in [1.54, 1.807) is 18.2 Å². The van der Waals surface area contributed by atoms with Crippen LogP contribution in [0.1, 0.15) is 73.5 Å². The number of carbonyl (C=O) groups excluding carboxylic acids is 2. The Morgan fingerprint density at radius 3 is 2.05 bits per heavy atom. The Balaban J connectivity index is 1.15. The number of rotatable bonds is 9. The number of fused-ring (bicyclic) bond motifs is 7. The summed E-state index contributed by atoms with van der Waals surface area (Å²) in [5.41, 5.74) is 12.2. The lowest BCUT2D eigenvalue weighted by atomic mass is 9.60. The van der Waals surface area contributed by atoms with E-state index >= 15 is 0 Å². The van der Waals surface area contributed by atoms with E-state index in [2.05, 4.69) is 51.2 Å². The Labute approximate surface area is 330 Å². The predicted molar refractivity (Wildman–Crippen MR) is 219 cm³/mol. The summed E-state index contributed by atoms with van der Waals surface area (Å²) >= 11 is 0. The van der Waals surface area contributed by atoms with Gasteiger partial charge in [0.15, 0.2) is 5.65 Å². The molecule has 1 aliphatic carbocycles. The second-order valence-electron chi connectivity index (χ2n) is 15.5. The molecule has 1 aliphatic heterocycles. The van der Waals surface area contributed by atoms with Gasteiger partial charge in [-0.2, -0.15) is 9.97 Å². The Kier molecular flexibility index (Phi) is 8.76. The number of nitrogens with two attached hydrogens (primary N) is 1. The topological polar surface area (TPSA) is 180 Å². The molecule has 0 saturated heterocycles. The Morgan fingerprint density at radius 1 is 0.842 bits per heavy atom. The van der Waals surface area contributed by atoms with E-state index in [4.69, 9.17) is 10.5 Å². The van der Waals surface area contributed by atoms with Crippen LogP contribution in [0.2, 0.25) is 0 Å². The van der Waals surface area contributed by atoms with Crippen LogP contribution >= 0.6 is 0 Å². The van der Waals surface area contributed by atoms with E-state index in [1.807, 2.05) is 86.5 Å². The fourth-order valence-corrected chi connectivity index (χ4v) is 9.34. The third-order valence-electron chi connectivity index (χ3n) is 11.0. The number of ether oxygens (including phenoxy) is 1. The number of aromatic nitrogens is 4. The number of imidazole rings is 1. The van der Waals surface area contributed by atoms with Crippen LogP contribution in [0, 0.1) is 0 Å². The van der Waals surface area contributed by atoms with Crippen LogP contribution < -0.4 is 25.6 Å². The fraction of sp³-hybridized carbons (Fsp3) is 0.262. The van der Waals surface area contributed by atoms with E-state index in [9.17, 15) is 18.0 Å². The van der Waals surface area contributed by atoms with Crippen LogP contribution in [-0.4, -0.2) is 78.9 Å². The number of nitrogen functional groups attached to an aromatic ring is 1. The van der Waals surface area contributed by atoms with Crippen molar-refractivity contribution in [3.05, 3.63) is 135 Å². The maximum Gasteiger partial charge on any atom is 0.269 e. The van der Waals surface area contributed by atoms with E-state index in [0.29, 0.717) is 39.3 Å². The molecule has 4 N–H and O–H groups in total. The first-order chi connectivity index (χ1) is 27.0. The molecule has 0 saturated carbocycles. The first-order valence-electron chi connectivity index (χ1n) is 18.3. The van der Waals surface area contributed by atoms with Gasteiger partial charge in [0.05, 0.1) is 12.6 Å². The van der Waals surface area contributed by atoms with E-state index < -0.39 is 26.9 Å². The summed E-state index contributed by atoms with van der Waals surface area (Å²) in [6, 6.07) is 24.3. The minimum Gasteiger partial charge on any atom is -0.471 e. The standard InChI is InChI=1S/C42H43N9O5S/c1-41(2)33-19-27(49(3)4)13-16-30(33)42(31-17-14-28(50(5)6)20-34(31)41)32-18-26(12-15-29(32)39(53)51(42)57(7,54)55)37(52)44-21-24-8-10-25(11-9-24)22-56-38-35-36(46-23-45-35)47-40(43)48-38/h8-20,23H,21-22H2,1-7H3,(H,44,52)(H3,43,45,46,47,48). The number of carbonyl (C=O) groups is 2. The van der Waals surface area contributed by atoms with Crippen LogP contribution in [0.4, 0.5) is 17.3 Å². The molecule has 0 unspecified atom stereocenters. The normalized spacial score (nSPS) is 14.9. The molecule has 15 heteroatoms. The van der Waals surface area contributed by atoms with E-state index in [-0.39, 0.29) is 30.6 Å². The van der Waals surface area contributed by atoms with Crippen molar-refractivity contribution in [3.63, 3.8) is 0 Å². The van der Waals surface area contributed by atoms with E-state index in [1.165, 1.54) is 6.33 Å². The first-order valence-corrected chi connectivity index (χ1v) is 20.2. The van der Waals surface area contributed by atoms with Crippen molar-refractivity contribution in [1.82, 2.24) is 29.6 Å². The van der Waals surface area contributed by atoms with Gasteiger partial charge in [-0.3, -0.25) is 9.59 Å². The van der Waals surface area contributed by atoms with Crippen molar-refractivity contribution in [1.29, 1.82) is 0 Å². The highest BCUT2D eigenvalue weighted by Crippen LogP contribution is 2.59. The molecule has 292 valence electrons. The third-order valence-corrected chi connectivity index (χ3v) is 12.1. The molecule has 2 aromatic heterocycles. The number of nitrogens with one attached hydrogen (secondary N) is 2. The van der Waals surface area contributed by atoms with Crippen molar-refractivity contribution in [2.24, 2.45) is 0 Å².